The van der Waals surface area contributed by atoms with Crippen LogP contribution in [0.2, 0.25) is 5.02 Å². The Labute approximate surface area is 111 Å². The van der Waals surface area contributed by atoms with E-state index in [1.165, 1.54) is 0 Å². The molecule has 2 rings (SSSR count). The number of carboxylic acid groups (broad SMARTS) is 1. The zero-order valence-corrected chi connectivity index (χ0v) is 11.0. The second kappa shape index (κ2) is 5.69. The van der Waals surface area contributed by atoms with Gasteiger partial charge in [0.05, 0.1) is 6.61 Å². The predicted molar refractivity (Wildman–Crippen MR) is 68.8 cm³/mol. The normalized spacial score (nSPS) is 20.9. The fourth-order valence-corrected chi connectivity index (χ4v) is 2.19. The SMILES string of the molecule is Cc1ccc(CN2CCOC(C(=O)O)C2)cc1Cl. The van der Waals surface area contributed by atoms with E-state index in [1.807, 2.05) is 25.1 Å². The summed E-state index contributed by atoms with van der Waals surface area (Å²) < 4.78 is 5.18. The number of carboxylic acids is 1. The summed E-state index contributed by atoms with van der Waals surface area (Å²) in [5.41, 5.74) is 2.14. The first kappa shape index (κ1) is 13.3. The average Bonchev–Trinajstić information content (AvgIpc) is 2.34. The van der Waals surface area contributed by atoms with Crippen LogP contribution in [-0.4, -0.2) is 41.8 Å². The van der Waals surface area contributed by atoms with Gasteiger partial charge in [-0.3, -0.25) is 4.90 Å². The van der Waals surface area contributed by atoms with Crippen molar-refractivity contribution in [1.29, 1.82) is 0 Å². The van der Waals surface area contributed by atoms with Crippen LogP contribution in [0, 0.1) is 6.92 Å². The fraction of sp³-hybridized carbons (Fsp3) is 0.462. The fourth-order valence-electron chi connectivity index (χ4n) is 1.99. The molecule has 18 heavy (non-hydrogen) atoms. The van der Waals surface area contributed by atoms with E-state index in [0.717, 1.165) is 22.7 Å². The Morgan fingerprint density at radius 1 is 1.61 bits per heavy atom. The van der Waals surface area contributed by atoms with Gasteiger partial charge in [-0.1, -0.05) is 23.7 Å². The zero-order chi connectivity index (χ0) is 13.1. The molecule has 1 heterocycles. The first-order chi connectivity index (χ1) is 8.56. The number of carbonyl (C=O) groups is 1. The second-order valence-corrected chi connectivity index (χ2v) is 4.92. The minimum atomic E-state index is -0.901. The van der Waals surface area contributed by atoms with Gasteiger partial charge in [-0.15, -0.1) is 0 Å². The maximum atomic E-state index is 10.9. The van der Waals surface area contributed by atoms with E-state index in [2.05, 4.69) is 4.90 Å². The van der Waals surface area contributed by atoms with Gasteiger partial charge in [0.2, 0.25) is 0 Å². The van der Waals surface area contributed by atoms with Crippen molar-refractivity contribution in [3.8, 4) is 0 Å². The van der Waals surface area contributed by atoms with Crippen molar-refractivity contribution in [2.24, 2.45) is 0 Å². The number of ether oxygens (including phenoxy) is 1. The van der Waals surface area contributed by atoms with Gasteiger partial charge in [0.25, 0.3) is 0 Å². The summed E-state index contributed by atoms with van der Waals surface area (Å²) in [5, 5.41) is 9.68. The summed E-state index contributed by atoms with van der Waals surface area (Å²) in [7, 11) is 0. The molecule has 98 valence electrons. The summed E-state index contributed by atoms with van der Waals surface area (Å²) in [6.07, 6.45) is -0.723. The topological polar surface area (TPSA) is 49.8 Å². The molecule has 1 atom stereocenters. The Bertz CT molecular complexity index is 450. The lowest BCUT2D eigenvalue weighted by Crippen LogP contribution is -2.45. The molecule has 1 aliphatic rings. The van der Waals surface area contributed by atoms with Gasteiger partial charge in [0, 0.05) is 24.7 Å². The molecule has 1 aromatic carbocycles. The summed E-state index contributed by atoms with van der Waals surface area (Å²) >= 11 is 6.07. The molecular weight excluding hydrogens is 254 g/mol. The highest BCUT2D eigenvalue weighted by Crippen LogP contribution is 2.18. The van der Waals surface area contributed by atoms with Gasteiger partial charge >= 0.3 is 5.97 Å². The zero-order valence-electron chi connectivity index (χ0n) is 10.2. The molecule has 1 aromatic rings. The highest BCUT2D eigenvalue weighted by molar-refractivity contribution is 6.31. The number of hydrogen-bond donors (Lipinski definition) is 1. The quantitative estimate of drug-likeness (QED) is 0.911. The lowest BCUT2D eigenvalue weighted by molar-refractivity contribution is -0.156. The Balaban J connectivity index is 2.00. The summed E-state index contributed by atoms with van der Waals surface area (Å²) in [6, 6.07) is 5.93. The van der Waals surface area contributed by atoms with E-state index in [9.17, 15) is 4.79 Å². The Kier molecular flexibility index (Phi) is 4.22. The summed E-state index contributed by atoms with van der Waals surface area (Å²) in [4.78, 5) is 13.0. The molecule has 0 amide bonds. The third kappa shape index (κ3) is 3.22. The van der Waals surface area contributed by atoms with Crippen molar-refractivity contribution in [1.82, 2.24) is 4.90 Å². The van der Waals surface area contributed by atoms with E-state index in [-0.39, 0.29) is 0 Å². The van der Waals surface area contributed by atoms with Crippen molar-refractivity contribution in [2.75, 3.05) is 19.7 Å². The van der Waals surface area contributed by atoms with Crippen molar-refractivity contribution in [3.05, 3.63) is 34.3 Å². The van der Waals surface area contributed by atoms with Gasteiger partial charge in [0.15, 0.2) is 6.10 Å². The number of aliphatic carboxylic acids is 1. The van der Waals surface area contributed by atoms with Crippen LogP contribution in [0.25, 0.3) is 0 Å². The van der Waals surface area contributed by atoms with Crippen molar-refractivity contribution < 1.29 is 14.6 Å². The number of halogens is 1. The second-order valence-electron chi connectivity index (χ2n) is 4.52. The Morgan fingerprint density at radius 2 is 2.39 bits per heavy atom. The molecule has 1 unspecified atom stereocenters. The molecule has 0 spiro atoms. The molecule has 0 aromatic heterocycles. The Morgan fingerprint density at radius 3 is 3.06 bits per heavy atom. The van der Waals surface area contributed by atoms with Crippen molar-refractivity contribution >= 4 is 17.6 Å². The molecule has 0 saturated carbocycles. The van der Waals surface area contributed by atoms with Crippen LogP contribution in [0.3, 0.4) is 0 Å². The van der Waals surface area contributed by atoms with E-state index in [0.29, 0.717) is 19.7 Å². The molecule has 1 aliphatic heterocycles. The number of rotatable bonds is 3. The van der Waals surface area contributed by atoms with Crippen LogP contribution in [0.5, 0.6) is 0 Å². The standard InChI is InChI=1S/C13H16ClNO3/c1-9-2-3-10(6-11(9)14)7-15-4-5-18-12(8-15)13(16)17/h2-3,6,12H,4-5,7-8H2,1H3,(H,16,17). The Hall–Kier alpha value is -1.10. The molecule has 1 fully saturated rings. The average molecular weight is 270 g/mol. The van der Waals surface area contributed by atoms with Gasteiger partial charge in [-0.05, 0) is 24.1 Å². The first-order valence-electron chi connectivity index (χ1n) is 5.88. The largest absolute Gasteiger partial charge is 0.479 e. The molecule has 5 heteroatoms. The van der Waals surface area contributed by atoms with Crippen LogP contribution in [-0.2, 0) is 16.1 Å². The van der Waals surface area contributed by atoms with Crippen LogP contribution < -0.4 is 0 Å². The minimum Gasteiger partial charge on any atom is -0.479 e. The number of morpholine rings is 1. The summed E-state index contributed by atoms with van der Waals surface area (Å²) in [5.74, 6) is -0.901. The molecule has 1 N–H and O–H groups in total. The van der Waals surface area contributed by atoms with Crippen LogP contribution in [0.1, 0.15) is 11.1 Å². The molecule has 0 bridgehead atoms. The third-order valence-electron chi connectivity index (χ3n) is 3.07. The van der Waals surface area contributed by atoms with Crippen LogP contribution >= 0.6 is 11.6 Å². The van der Waals surface area contributed by atoms with E-state index < -0.39 is 12.1 Å². The molecule has 1 saturated heterocycles. The van der Waals surface area contributed by atoms with Crippen LogP contribution in [0.4, 0.5) is 0 Å². The third-order valence-corrected chi connectivity index (χ3v) is 3.48. The van der Waals surface area contributed by atoms with Crippen molar-refractivity contribution in [2.45, 2.75) is 19.6 Å². The smallest absolute Gasteiger partial charge is 0.334 e. The van der Waals surface area contributed by atoms with E-state index in [4.69, 9.17) is 21.4 Å². The molecule has 4 nitrogen and oxygen atoms in total. The van der Waals surface area contributed by atoms with Gasteiger partial charge < -0.3 is 9.84 Å². The van der Waals surface area contributed by atoms with E-state index in [1.54, 1.807) is 0 Å². The molecular formula is C13H16ClNO3. The maximum Gasteiger partial charge on any atom is 0.334 e. The molecule has 0 radical (unpaired) electrons. The van der Waals surface area contributed by atoms with Gasteiger partial charge in [-0.25, -0.2) is 4.79 Å². The highest BCUT2D eigenvalue weighted by Gasteiger charge is 2.26. The van der Waals surface area contributed by atoms with Gasteiger partial charge in [-0.2, -0.15) is 0 Å². The van der Waals surface area contributed by atoms with Crippen molar-refractivity contribution in [3.63, 3.8) is 0 Å². The van der Waals surface area contributed by atoms with Gasteiger partial charge in [0.1, 0.15) is 0 Å². The lowest BCUT2D eigenvalue weighted by atomic mass is 10.1. The monoisotopic (exact) mass is 269 g/mol. The number of aryl methyl sites for hydroxylation is 1. The van der Waals surface area contributed by atoms with Crippen LogP contribution in [0.15, 0.2) is 18.2 Å². The minimum absolute atomic E-state index is 0.417. The summed E-state index contributed by atoms with van der Waals surface area (Å²) in [6.45, 7) is 4.28. The molecule has 0 aliphatic carbocycles. The number of hydrogen-bond acceptors (Lipinski definition) is 3. The number of nitrogens with zero attached hydrogens (tertiary/aromatic N) is 1. The lowest BCUT2D eigenvalue weighted by Gasteiger charge is -2.30. The highest BCUT2D eigenvalue weighted by atomic mass is 35.5. The van der Waals surface area contributed by atoms with E-state index >= 15 is 0 Å². The predicted octanol–water partition coefficient (Wildman–Crippen LogP) is 1.93. The first-order valence-corrected chi connectivity index (χ1v) is 6.26. The maximum absolute atomic E-state index is 10.9. The number of benzene rings is 1.